The Morgan fingerprint density at radius 2 is 2.09 bits per heavy atom. The van der Waals surface area contributed by atoms with Gasteiger partial charge in [-0.15, -0.1) is 12.4 Å². The largest absolute Gasteiger partial charge is 0.315 e. The Hall–Kier alpha value is -1.29. The molecule has 2 N–H and O–H groups in total. The van der Waals surface area contributed by atoms with Gasteiger partial charge in [-0.3, -0.25) is 10.1 Å². The molecule has 23 heavy (non-hydrogen) atoms. The molecule has 2 rings (SSSR count). The summed E-state index contributed by atoms with van der Waals surface area (Å²) in [5.41, 5.74) is -0.730. The van der Waals surface area contributed by atoms with Crippen LogP contribution < -0.4 is 10.0 Å². The zero-order valence-electron chi connectivity index (χ0n) is 12.7. The number of nitro benzene ring substituents is 1. The second-order valence-corrected chi connectivity index (χ2v) is 7.22. The van der Waals surface area contributed by atoms with Gasteiger partial charge in [-0.25, -0.2) is 17.5 Å². The zero-order chi connectivity index (χ0) is 16.5. The van der Waals surface area contributed by atoms with E-state index < -0.39 is 31.3 Å². The molecule has 2 atom stereocenters. The average molecular weight is 368 g/mol. The molecule has 1 heterocycles. The van der Waals surface area contributed by atoms with Gasteiger partial charge in [0.15, 0.2) is 0 Å². The maximum Gasteiger partial charge on any atom is 0.276 e. The van der Waals surface area contributed by atoms with Crippen molar-refractivity contribution in [1.82, 2.24) is 10.0 Å². The van der Waals surface area contributed by atoms with Crippen LogP contribution in [-0.2, 0) is 10.0 Å². The molecule has 1 aromatic rings. The van der Waals surface area contributed by atoms with E-state index in [1.54, 1.807) is 0 Å². The third kappa shape index (κ3) is 4.37. The molecule has 0 aromatic heterocycles. The predicted molar refractivity (Wildman–Crippen MR) is 85.8 cm³/mol. The molecule has 1 aliphatic heterocycles. The summed E-state index contributed by atoms with van der Waals surface area (Å²) in [5, 5.41) is 14.0. The van der Waals surface area contributed by atoms with Gasteiger partial charge in [-0.05, 0) is 31.9 Å². The number of nitro groups is 1. The second-order valence-electron chi connectivity index (χ2n) is 5.50. The standard InChI is InChI=1S/C13H18FN3O4S.ClH/c1-8-3-4-15-7-12(8)16-22(20,21)10-5-11(14)9(2)13(6-10)17(18)19;/h5-6,8,12,15-16H,3-4,7H2,1-2H3;1H. The van der Waals surface area contributed by atoms with Crippen LogP contribution in [0.5, 0.6) is 0 Å². The highest BCUT2D eigenvalue weighted by Crippen LogP contribution is 2.26. The molecule has 1 saturated heterocycles. The number of hydrogen-bond acceptors (Lipinski definition) is 5. The molecule has 0 bridgehead atoms. The summed E-state index contributed by atoms with van der Waals surface area (Å²) in [6, 6.07) is 1.37. The monoisotopic (exact) mass is 367 g/mol. The van der Waals surface area contributed by atoms with Crippen LogP contribution in [0.4, 0.5) is 10.1 Å². The molecule has 10 heteroatoms. The Kier molecular flexibility index (Phi) is 6.46. The summed E-state index contributed by atoms with van der Waals surface area (Å²) < 4.78 is 41.0. The van der Waals surface area contributed by atoms with E-state index in [0.29, 0.717) is 6.54 Å². The molecule has 0 saturated carbocycles. The third-order valence-electron chi connectivity index (χ3n) is 3.93. The fraction of sp³-hybridized carbons (Fsp3) is 0.538. The number of benzene rings is 1. The lowest BCUT2D eigenvalue weighted by atomic mass is 9.96. The van der Waals surface area contributed by atoms with Crippen molar-refractivity contribution in [3.63, 3.8) is 0 Å². The maximum absolute atomic E-state index is 13.8. The molecule has 1 fully saturated rings. The number of halogens is 2. The third-order valence-corrected chi connectivity index (χ3v) is 5.40. The van der Waals surface area contributed by atoms with Gasteiger partial charge >= 0.3 is 0 Å². The van der Waals surface area contributed by atoms with Crippen molar-refractivity contribution in [2.75, 3.05) is 13.1 Å². The van der Waals surface area contributed by atoms with E-state index in [0.717, 1.165) is 25.1 Å². The Balaban J connectivity index is 0.00000264. The van der Waals surface area contributed by atoms with Crippen molar-refractivity contribution < 1.29 is 17.7 Å². The molecular weight excluding hydrogens is 349 g/mol. The molecular formula is C13H19ClFN3O4S. The molecule has 1 aliphatic rings. The number of sulfonamides is 1. The SMILES string of the molecule is Cc1c(F)cc(S(=O)(=O)NC2CNCCC2C)cc1[N+](=O)[O-].Cl. The number of rotatable bonds is 4. The van der Waals surface area contributed by atoms with Crippen LogP contribution in [0, 0.1) is 28.8 Å². The zero-order valence-corrected chi connectivity index (χ0v) is 14.3. The van der Waals surface area contributed by atoms with Gasteiger partial charge in [0, 0.05) is 18.7 Å². The van der Waals surface area contributed by atoms with Crippen molar-refractivity contribution in [3.8, 4) is 0 Å². The van der Waals surface area contributed by atoms with Crippen molar-refractivity contribution in [2.24, 2.45) is 5.92 Å². The molecule has 0 spiro atoms. The van der Waals surface area contributed by atoms with Crippen molar-refractivity contribution in [2.45, 2.75) is 31.2 Å². The molecule has 0 amide bonds. The van der Waals surface area contributed by atoms with Crippen LogP contribution in [0.25, 0.3) is 0 Å². The van der Waals surface area contributed by atoms with Crippen LogP contribution in [0.15, 0.2) is 17.0 Å². The van der Waals surface area contributed by atoms with Gasteiger partial charge in [0.25, 0.3) is 5.69 Å². The summed E-state index contributed by atoms with van der Waals surface area (Å²) in [4.78, 5) is 9.69. The molecule has 0 radical (unpaired) electrons. The lowest BCUT2D eigenvalue weighted by Crippen LogP contribution is -2.50. The van der Waals surface area contributed by atoms with Crippen LogP contribution >= 0.6 is 12.4 Å². The van der Waals surface area contributed by atoms with Gasteiger partial charge in [0.2, 0.25) is 10.0 Å². The summed E-state index contributed by atoms with van der Waals surface area (Å²) in [7, 11) is -4.02. The van der Waals surface area contributed by atoms with Gasteiger partial charge in [0.1, 0.15) is 5.82 Å². The quantitative estimate of drug-likeness (QED) is 0.623. The van der Waals surface area contributed by atoms with Crippen molar-refractivity contribution >= 4 is 28.1 Å². The van der Waals surface area contributed by atoms with Crippen molar-refractivity contribution in [3.05, 3.63) is 33.6 Å². The number of piperidine rings is 1. The minimum absolute atomic E-state index is 0. The van der Waals surface area contributed by atoms with Crippen molar-refractivity contribution in [1.29, 1.82) is 0 Å². The first-order chi connectivity index (χ1) is 10.2. The smallest absolute Gasteiger partial charge is 0.276 e. The second kappa shape index (κ2) is 7.52. The molecule has 2 unspecified atom stereocenters. The minimum Gasteiger partial charge on any atom is -0.315 e. The number of hydrogen-bond donors (Lipinski definition) is 2. The van der Waals surface area contributed by atoms with E-state index in [4.69, 9.17) is 0 Å². The summed E-state index contributed by atoms with van der Waals surface area (Å²) in [5.74, 6) is -0.786. The Morgan fingerprint density at radius 1 is 1.43 bits per heavy atom. The first kappa shape index (κ1) is 19.8. The normalized spacial score (nSPS) is 21.5. The average Bonchev–Trinajstić information content (AvgIpc) is 2.43. The summed E-state index contributed by atoms with van der Waals surface area (Å²) in [6.07, 6.45) is 0.815. The highest BCUT2D eigenvalue weighted by Gasteiger charge is 2.29. The first-order valence-corrected chi connectivity index (χ1v) is 8.38. The maximum atomic E-state index is 13.8. The Bertz CT molecular complexity index is 699. The summed E-state index contributed by atoms with van der Waals surface area (Å²) >= 11 is 0. The van der Waals surface area contributed by atoms with Crippen LogP contribution in [-0.4, -0.2) is 32.5 Å². The van der Waals surface area contributed by atoms with Gasteiger partial charge < -0.3 is 5.32 Å². The lowest BCUT2D eigenvalue weighted by molar-refractivity contribution is -0.385. The lowest BCUT2D eigenvalue weighted by Gasteiger charge is -2.29. The van der Waals surface area contributed by atoms with E-state index in [2.05, 4.69) is 10.0 Å². The van der Waals surface area contributed by atoms with Gasteiger partial charge in [-0.1, -0.05) is 6.92 Å². The van der Waals surface area contributed by atoms with E-state index in [9.17, 15) is 22.9 Å². The van der Waals surface area contributed by atoms with Gasteiger partial charge in [0.05, 0.1) is 15.4 Å². The first-order valence-electron chi connectivity index (χ1n) is 6.90. The highest BCUT2D eigenvalue weighted by molar-refractivity contribution is 7.89. The minimum atomic E-state index is -4.02. The Labute approximate surface area is 140 Å². The predicted octanol–water partition coefficient (Wildman–Crippen LogP) is 1.74. The molecule has 130 valence electrons. The van der Waals surface area contributed by atoms with E-state index in [-0.39, 0.29) is 29.9 Å². The van der Waals surface area contributed by atoms with Crippen LogP contribution in [0.2, 0.25) is 0 Å². The fourth-order valence-electron chi connectivity index (χ4n) is 2.40. The number of nitrogens with one attached hydrogen (secondary N) is 2. The van der Waals surface area contributed by atoms with E-state index in [1.165, 1.54) is 6.92 Å². The van der Waals surface area contributed by atoms with Gasteiger partial charge in [-0.2, -0.15) is 0 Å². The molecule has 7 nitrogen and oxygen atoms in total. The molecule has 0 aliphatic carbocycles. The Morgan fingerprint density at radius 3 is 2.65 bits per heavy atom. The fourth-order valence-corrected chi connectivity index (χ4v) is 3.78. The number of nitrogens with zero attached hydrogens (tertiary/aromatic N) is 1. The van der Waals surface area contributed by atoms with Crippen LogP contribution in [0.3, 0.4) is 0 Å². The topological polar surface area (TPSA) is 101 Å². The van der Waals surface area contributed by atoms with Crippen LogP contribution in [0.1, 0.15) is 18.9 Å². The highest BCUT2D eigenvalue weighted by atomic mass is 35.5. The van der Waals surface area contributed by atoms with E-state index in [1.807, 2.05) is 6.92 Å². The van der Waals surface area contributed by atoms with E-state index >= 15 is 0 Å². The molecule has 1 aromatic carbocycles. The summed E-state index contributed by atoms with van der Waals surface area (Å²) in [6.45, 7) is 4.44.